The molecule has 0 aromatic carbocycles. The van der Waals surface area contributed by atoms with Crippen LogP contribution in [0.2, 0.25) is 0 Å². The standard InChI is InChI=1S/C12H20N2OS/c1-9-8-16-12(14-9)6-11(13-2)5-10-3-4-15-7-10/h8,10-11,13H,3-7H2,1-2H3. The molecule has 1 aliphatic heterocycles. The summed E-state index contributed by atoms with van der Waals surface area (Å²) >= 11 is 1.77. The van der Waals surface area contributed by atoms with E-state index in [1.165, 1.54) is 17.8 Å². The fourth-order valence-corrected chi connectivity index (χ4v) is 3.04. The van der Waals surface area contributed by atoms with Gasteiger partial charge in [0, 0.05) is 36.8 Å². The van der Waals surface area contributed by atoms with Crippen molar-refractivity contribution < 1.29 is 4.74 Å². The maximum Gasteiger partial charge on any atom is 0.0943 e. The first-order valence-corrected chi connectivity index (χ1v) is 6.82. The predicted molar refractivity (Wildman–Crippen MR) is 66.9 cm³/mol. The zero-order valence-corrected chi connectivity index (χ0v) is 10.8. The van der Waals surface area contributed by atoms with E-state index in [1.807, 2.05) is 7.05 Å². The fraction of sp³-hybridized carbons (Fsp3) is 0.750. The summed E-state index contributed by atoms with van der Waals surface area (Å²) in [6.07, 6.45) is 3.47. The van der Waals surface area contributed by atoms with Crippen molar-refractivity contribution in [3.8, 4) is 0 Å². The Balaban J connectivity index is 1.84. The van der Waals surface area contributed by atoms with Gasteiger partial charge in [-0.2, -0.15) is 0 Å². The van der Waals surface area contributed by atoms with Crippen LogP contribution < -0.4 is 5.32 Å². The molecule has 0 spiro atoms. The maximum atomic E-state index is 5.42. The second-order valence-corrected chi connectivity index (χ2v) is 5.48. The Morgan fingerprint density at radius 1 is 1.69 bits per heavy atom. The van der Waals surface area contributed by atoms with Crippen molar-refractivity contribution in [3.63, 3.8) is 0 Å². The quantitative estimate of drug-likeness (QED) is 0.855. The lowest BCUT2D eigenvalue weighted by Crippen LogP contribution is -2.30. The molecule has 1 N–H and O–H groups in total. The summed E-state index contributed by atoms with van der Waals surface area (Å²) in [7, 11) is 2.04. The lowest BCUT2D eigenvalue weighted by atomic mass is 9.97. The van der Waals surface area contributed by atoms with E-state index >= 15 is 0 Å². The molecular weight excluding hydrogens is 220 g/mol. The van der Waals surface area contributed by atoms with E-state index < -0.39 is 0 Å². The molecule has 1 aromatic heterocycles. The van der Waals surface area contributed by atoms with Crippen molar-refractivity contribution in [1.82, 2.24) is 10.3 Å². The lowest BCUT2D eigenvalue weighted by Gasteiger charge is -2.18. The van der Waals surface area contributed by atoms with E-state index in [2.05, 4.69) is 22.6 Å². The van der Waals surface area contributed by atoms with Crippen LogP contribution in [0.15, 0.2) is 5.38 Å². The summed E-state index contributed by atoms with van der Waals surface area (Å²) in [6, 6.07) is 0.539. The Labute approximate surface area is 101 Å². The van der Waals surface area contributed by atoms with Gasteiger partial charge in [0.2, 0.25) is 0 Å². The second kappa shape index (κ2) is 5.75. The molecule has 2 atom stereocenters. The van der Waals surface area contributed by atoms with E-state index in [0.29, 0.717) is 6.04 Å². The molecule has 16 heavy (non-hydrogen) atoms. The molecular formula is C12H20N2OS. The third-order valence-corrected chi connectivity index (χ3v) is 4.13. The van der Waals surface area contributed by atoms with Crippen LogP contribution in [-0.2, 0) is 11.2 Å². The minimum Gasteiger partial charge on any atom is -0.381 e. The molecule has 1 saturated heterocycles. The van der Waals surface area contributed by atoms with Crippen molar-refractivity contribution in [1.29, 1.82) is 0 Å². The van der Waals surface area contributed by atoms with Crippen LogP contribution in [0.5, 0.6) is 0 Å². The van der Waals surface area contributed by atoms with E-state index in [1.54, 1.807) is 11.3 Å². The first-order valence-electron chi connectivity index (χ1n) is 5.94. The predicted octanol–water partition coefficient (Wildman–Crippen LogP) is 2.01. The van der Waals surface area contributed by atoms with E-state index in [0.717, 1.165) is 31.2 Å². The number of hydrogen-bond donors (Lipinski definition) is 1. The number of aromatic nitrogens is 1. The summed E-state index contributed by atoms with van der Waals surface area (Å²) in [5.41, 5.74) is 1.14. The normalized spacial score (nSPS) is 22.5. The Kier molecular flexibility index (Phi) is 4.32. The number of hydrogen-bond acceptors (Lipinski definition) is 4. The highest BCUT2D eigenvalue weighted by molar-refractivity contribution is 7.09. The molecule has 1 aromatic rings. The van der Waals surface area contributed by atoms with Gasteiger partial charge in [0.15, 0.2) is 0 Å². The highest BCUT2D eigenvalue weighted by atomic mass is 32.1. The highest BCUT2D eigenvalue weighted by Gasteiger charge is 2.20. The zero-order chi connectivity index (χ0) is 11.4. The van der Waals surface area contributed by atoms with Gasteiger partial charge in [-0.25, -0.2) is 4.98 Å². The van der Waals surface area contributed by atoms with Gasteiger partial charge >= 0.3 is 0 Å². The van der Waals surface area contributed by atoms with Crippen LogP contribution in [-0.4, -0.2) is 31.3 Å². The van der Waals surface area contributed by atoms with Gasteiger partial charge in [0.25, 0.3) is 0 Å². The van der Waals surface area contributed by atoms with E-state index in [4.69, 9.17) is 4.74 Å². The third kappa shape index (κ3) is 3.27. The molecule has 2 unspecified atom stereocenters. The average Bonchev–Trinajstić information content (AvgIpc) is 2.89. The van der Waals surface area contributed by atoms with Crippen LogP contribution in [0.3, 0.4) is 0 Å². The molecule has 4 heteroatoms. The molecule has 1 aliphatic rings. The van der Waals surface area contributed by atoms with E-state index in [9.17, 15) is 0 Å². The van der Waals surface area contributed by atoms with Gasteiger partial charge in [-0.3, -0.25) is 0 Å². The zero-order valence-electron chi connectivity index (χ0n) is 10.0. The topological polar surface area (TPSA) is 34.2 Å². The van der Waals surface area contributed by atoms with Crippen molar-refractivity contribution in [2.24, 2.45) is 5.92 Å². The Hall–Kier alpha value is -0.450. The van der Waals surface area contributed by atoms with Crippen molar-refractivity contribution in [3.05, 3.63) is 16.1 Å². The van der Waals surface area contributed by atoms with Gasteiger partial charge in [-0.05, 0) is 32.7 Å². The van der Waals surface area contributed by atoms with Crippen molar-refractivity contribution in [2.75, 3.05) is 20.3 Å². The lowest BCUT2D eigenvalue weighted by molar-refractivity contribution is 0.181. The van der Waals surface area contributed by atoms with Crippen molar-refractivity contribution >= 4 is 11.3 Å². The number of likely N-dealkylation sites (N-methyl/N-ethyl adjacent to an activating group) is 1. The number of nitrogens with one attached hydrogen (secondary N) is 1. The number of ether oxygens (including phenoxy) is 1. The minimum absolute atomic E-state index is 0.539. The highest BCUT2D eigenvalue weighted by Crippen LogP contribution is 2.20. The smallest absolute Gasteiger partial charge is 0.0943 e. The van der Waals surface area contributed by atoms with Crippen LogP contribution in [0.4, 0.5) is 0 Å². The van der Waals surface area contributed by atoms with Crippen LogP contribution >= 0.6 is 11.3 Å². The Morgan fingerprint density at radius 2 is 2.56 bits per heavy atom. The average molecular weight is 240 g/mol. The SMILES string of the molecule is CNC(Cc1nc(C)cs1)CC1CCOC1. The van der Waals surface area contributed by atoms with Crippen LogP contribution in [0.25, 0.3) is 0 Å². The van der Waals surface area contributed by atoms with Crippen LogP contribution in [0.1, 0.15) is 23.5 Å². The molecule has 0 bridgehead atoms. The molecule has 3 nitrogen and oxygen atoms in total. The van der Waals surface area contributed by atoms with Gasteiger partial charge < -0.3 is 10.1 Å². The summed E-state index contributed by atoms with van der Waals surface area (Å²) in [5.74, 6) is 0.735. The van der Waals surface area contributed by atoms with Gasteiger partial charge in [-0.1, -0.05) is 0 Å². The monoisotopic (exact) mass is 240 g/mol. The molecule has 1 fully saturated rings. The van der Waals surface area contributed by atoms with Gasteiger partial charge in [0.1, 0.15) is 0 Å². The fourth-order valence-electron chi connectivity index (χ4n) is 2.18. The van der Waals surface area contributed by atoms with Gasteiger partial charge in [-0.15, -0.1) is 11.3 Å². The molecule has 0 amide bonds. The molecule has 0 aliphatic carbocycles. The number of rotatable bonds is 5. The maximum absolute atomic E-state index is 5.42. The summed E-state index contributed by atoms with van der Waals surface area (Å²) < 4.78 is 5.42. The molecule has 0 radical (unpaired) electrons. The number of nitrogens with zero attached hydrogens (tertiary/aromatic N) is 1. The summed E-state index contributed by atoms with van der Waals surface area (Å²) in [4.78, 5) is 4.52. The Morgan fingerprint density at radius 3 is 3.12 bits per heavy atom. The molecule has 2 rings (SSSR count). The Bertz CT molecular complexity index is 321. The molecule has 90 valence electrons. The number of thiazole rings is 1. The molecule has 2 heterocycles. The number of aryl methyl sites for hydroxylation is 1. The third-order valence-electron chi connectivity index (χ3n) is 3.14. The summed E-state index contributed by atoms with van der Waals surface area (Å²) in [6.45, 7) is 3.94. The summed E-state index contributed by atoms with van der Waals surface area (Å²) in [5, 5.41) is 6.77. The van der Waals surface area contributed by atoms with Gasteiger partial charge in [0.05, 0.1) is 5.01 Å². The second-order valence-electron chi connectivity index (χ2n) is 4.54. The molecule has 0 saturated carbocycles. The van der Waals surface area contributed by atoms with Crippen molar-refractivity contribution in [2.45, 2.75) is 32.2 Å². The minimum atomic E-state index is 0.539. The first kappa shape index (κ1) is 12.0. The largest absolute Gasteiger partial charge is 0.381 e. The van der Waals surface area contributed by atoms with Crippen LogP contribution in [0, 0.1) is 12.8 Å². The first-order chi connectivity index (χ1) is 7.78. The van der Waals surface area contributed by atoms with E-state index in [-0.39, 0.29) is 0 Å².